The number of nitrogens with zero attached hydrogens (tertiary/aromatic N) is 2. The van der Waals surface area contributed by atoms with Gasteiger partial charge in [-0.3, -0.25) is 10.1 Å². The SMILES string of the molecule is O=[N+]([O-])c1ccc(S(=O)(=O)N2CC[NH+]([C@H]3C[C@H]4CC[C@@H]3C4)CC2)cc1. The van der Waals surface area contributed by atoms with Crippen LogP contribution in [0.25, 0.3) is 0 Å². The molecule has 7 nitrogen and oxygen atoms in total. The molecule has 1 aromatic carbocycles. The molecule has 0 amide bonds. The Balaban J connectivity index is 1.41. The summed E-state index contributed by atoms with van der Waals surface area (Å²) in [6, 6.07) is 5.90. The van der Waals surface area contributed by atoms with Crippen molar-refractivity contribution in [1.29, 1.82) is 0 Å². The molecular formula is C17H24N3O4S+. The zero-order valence-corrected chi connectivity index (χ0v) is 15.0. The Kier molecular flexibility index (Phi) is 4.29. The summed E-state index contributed by atoms with van der Waals surface area (Å²) in [5.41, 5.74) is -0.0931. The standard InChI is InChI=1S/C17H23N3O4S/c21-20(22)15-3-5-16(6-4-15)25(23,24)19-9-7-18(8-10-19)17-12-13-1-2-14(17)11-13/h3-6,13-14,17H,1-2,7-12H2/p+1/t13-,14+,17-/m0/s1. The third-order valence-corrected chi connectivity index (χ3v) is 8.23. The molecule has 0 radical (unpaired) electrons. The molecule has 2 saturated carbocycles. The minimum absolute atomic E-state index is 0.0931. The molecule has 1 heterocycles. The lowest BCUT2D eigenvalue weighted by atomic mass is 9.93. The van der Waals surface area contributed by atoms with Gasteiger partial charge in [-0.05, 0) is 37.3 Å². The first-order valence-electron chi connectivity index (χ1n) is 9.04. The minimum atomic E-state index is -3.56. The van der Waals surface area contributed by atoms with Crippen LogP contribution in [0.2, 0.25) is 0 Å². The molecule has 3 atom stereocenters. The summed E-state index contributed by atoms with van der Waals surface area (Å²) in [4.78, 5) is 11.9. The summed E-state index contributed by atoms with van der Waals surface area (Å²) in [7, 11) is -3.56. The highest BCUT2D eigenvalue weighted by Crippen LogP contribution is 2.43. The lowest BCUT2D eigenvalue weighted by molar-refractivity contribution is -0.932. The first-order chi connectivity index (χ1) is 11.9. The van der Waals surface area contributed by atoms with Gasteiger partial charge in [0.25, 0.3) is 5.69 Å². The van der Waals surface area contributed by atoms with E-state index in [9.17, 15) is 18.5 Å². The molecule has 1 aromatic rings. The number of sulfonamides is 1. The van der Waals surface area contributed by atoms with Gasteiger partial charge in [0.05, 0.1) is 42.0 Å². The maximum atomic E-state index is 12.8. The van der Waals surface area contributed by atoms with Crippen molar-refractivity contribution in [1.82, 2.24) is 4.31 Å². The summed E-state index contributed by atoms with van der Waals surface area (Å²) in [5, 5.41) is 10.7. The number of nitro benzene ring substituents is 1. The van der Waals surface area contributed by atoms with Crippen LogP contribution in [-0.2, 0) is 10.0 Å². The monoisotopic (exact) mass is 366 g/mol. The van der Waals surface area contributed by atoms with Crippen LogP contribution in [0.3, 0.4) is 0 Å². The van der Waals surface area contributed by atoms with E-state index in [0.717, 1.165) is 31.0 Å². The Morgan fingerprint density at radius 3 is 2.28 bits per heavy atom. The predicted octanol–water partition coefficient (Wildman–Crippen LogP) is 0.673. The third kappa shape index (κ3) is 3.07. The van der Waals surface area contributed by atoms with Gasteiger partial charge < -0.3 is 4.90 Å². The van der Waals surface area contributed by atoms with Gasteiger partial charge in [-0.25, -0.2) is 8.42 Å². The Morgan fingerprint density at radius 2 is 1.76 bits per heavy atom. The van der Waals surface area contributed by atoms with Gasteiger partial charge in [-0.1, -0.05) is 0 Å². The Morgan fingerprint density at radius 1 is 1.08 bits per heavy atom. The quantitative estimate of drug-likeness (QED) is 0.627. The molecule has 1 saturated heterocycles. The molecule has 2 aliphatic carbocycles. The van der Waals surface area contributed by atoms with Crippen molar-refractivity contribution in [3.05, 3.63) is 34.4 Å². The van der Waals surface area contributed by atoms with Gasteiger partial charge in [0.15, 0.2) is 0 Å². The van der Waals surface area contributed by atoms with Crippen molar-refractivity contribution in [2.45, 2.75) is 36.6 Å². The van der Waals surface area contributed by atoms with Crippen LogP contribution >= 0.6 is 0 Å². The third-order valence-electron chi connectivity index (χ3n) is 6.31. The molecule has 136 valence electrons. The molecule has 25 heavy (non-hydrogen) atoms. The van der Waals surface area contributed by atoms with Crippen molar-refractivity contribution in [2.24, 2.45) is 11.8 Å². The molecule has 4 rings (SSSR count). The Bertz CT molecular complexity index is 757. The lowest BCUT2D eigenvalue weighted by Gasteiger charge is -2.37. The summed E-state index contributed by atoms with van der Waals surface area (Å²) >= 11 is 0. The fraction of sp³-hybridized carbons (Fsp3) is 0.647. The van der Waals surface area contributed by atoms with Crippen molar-refractivity contribution in [3.63, 3.8) is 0 Å². The van der Waals surface area contributed by atoms with E-state index in [1.165, 1.54) is 54.3 Å². The summed E-state index contributed by atoms with van der Waals surface area (Å²) < 4.78 is 27.1. The van der Waals surface area contributed by atoms with Crippen molar-refractivity contribution in [2.75, 3.05) is 26.2 Å². The summed E-state index contributed by atoms with van der Waals surface area (Å²) in [5.74, 6) is 1.75. The van der Waals surface area contributed by atoms with Crippen molar-refractivity contribution >= 4 is 15.7 Å². The smallest absolute Gasteiger partial charge is 0.269 e. The number of benzene rings is 1. The molecular weight excluding hydrogens is 342 g/mol. The molecule has 2 bridgehead atoms. The molecule has 3 fully saturated rings. The second-order valence-electron chi connectivity index (χ2n) is 7.59. The zero-order valence-electron chi connectivity index (χ0n) is 14.1. The van der Waals surface area contributed by atoms with E-state index in [1.54, 1.807) is 4.90 Å². The number of piperazine rings is 1. The van der Waals surface area contributed by atoms with Crippen LogP contribution in [-0.4, -0.2) is 49.9 Å². The Hall–Kier alpha value is -1.51. The summed E-state index contributed by atoms with van der Waals surface area (Å²) in [6.07, 6.45) is 5.42. The molecule has 0 unspecified atom stereocenters. The first kappa shape index (κ1) is 16.9. The molecule has 3 aliphatic rings. The highest BCUT2D eigenvalue weighted by molar-refractivity contribution is 7.89. The number of rotatable bonds is 4. The van der Waals surface area contributed by atoms with E-state index in [2.05, 4.69) is 0 Å². The first-order valence-corrected chi connectivity index (χ1v) is 10.5. The molecule has 8 heteroatoms. The highest BCUT2D eigenvalue weighted by atomic mass is 32.2. The molecule has 0 spiro atoms. The number of hydrogen-bond acceptors (Lipinski definition) is 4. The van der Waals surface area contributed by atoms with Gasteiger partial charge in [0.1, 0.15) is 0 Å². The van der Waals surface area contributed by atoms with Crippen LogP contribution in [0.5, 0.6) is 0 Å². The van der Waals surface area contributed by atoms with E-state index < -0.39 is 14.9 Å². The van der Waals surface area contributed by atoms with Gasteiger partial charge in [0, 0.05) is 24.5 Å². The van der Waals surface area contributed by atoms with Crippen molar-refractivity contribution in [3.8, 4) is 0 Å². The van der Waals surface area contributed by atoms with E-state index in [0.29, 0.717) is 13.1 Å². The van der Waals surface area contributed by atoms with E-state index in [-0.39, 0.29) is 10.6 Å². The number of non-ortho nitro benzene ring substituents is 1. The number of nitro groups is 1. The molecule has 1 N–H and O–H groups in total. The average molecular weight is 366 g/mol. The number of quaternary nitrogens is 1. The fourth-order valence-corrected chi connectivity index (χ4v) is 6.46. The number of hydrogen-bond donors (Lipinski definition) is 1. The van der Waals surface area contributed by atoms with E-state index in [1.807, 2.05) is 0 Å². The van der Waals surface area contributed by atoms with Crippen molar-refractivity contribution < 1.29 is 18.2 Å². The van der Waals surface area contributed by atoms with E-state index in [4.69, 9.17) is 0 Å². The summed E-state index contributed by atoms with van der Waals surface area (Å²) in [6.45, 7) is 2.78. The van der Waals surface area contributed by atoms with Gasteiger partial charge in [-0.2, -0.15) is 4.31 Å². The topological polar surface area (TPSA) is 85.0 Å². The Labute approximate surface area is 147 Å². The zero-order chi connectivity index (χ0) is 17.6. The van der Waals surface area contributed by atoms with Gasteiger partial charge >= 0.3 is 0 Å². The van der Waals surface area contributed by atoms with Gasteiger partial charge in [-0.15, -0.1) is 0 Å². The maximum absolute atomic E-state index is 12.8. The number of nitrogens with one attached hydrogen (secondary N) is 1. The average Bonchev–Trinajstić information content (AvgIpc) is 3.25. The minimum Gasteiger partial charge on any atom is -0.330 e. The normalized spacial score (nSPS) is 30.6. The van der Waals surface area contributed by atoms with E-state index >= 15 is 0 Å². The molecule has 1 aliphatic heterocycles. The second kappa shape index (κ2) is 6.34. The predicted molar refractivity (Wildman–Crippen MR) is 91.8 cm³/mol. The maximum Gasteiger partial charge on any atom is 0.269 e. The molecule has 0 aromatic heterocycles. The van der Waals surface area contributed by atoms with Crippen LogP contribution in [0, 0.1) is 22.0 Å². The van der Waals surface area contributed by atoms with Gasteiger partial charge in [0.2, 0.25) is 10.0 Å². The van der Waals surface area contributed by atoms with Crippen LogP contribution in [0.1, 0.15) is 25.7 Å². The van der Waals surface area contributed by atoms with Crippen LogP contribution in [0.4, 0.5) is 5.69 Å². The number of fused-ring (bicyclic) bond motifs is 2. The highest BCUT2D eigenvalue weighted by Gasteiger charge is 2.46. The largest absolute Gasteiger partial charge is 0.330 e. The second-order valence-corrected chi connectivity index (χ2v) is 9.53. The fourth-order valence-electron chi connectivity index (χ4n) is 5.02. The lowest BCUT2D eigenvalue weighted by Crippen LogP contribution is -3.18. The van der Waals surface area contributed by atoms with Crippen LogP contribution in [0.15, 0.2) is 29.2 Å². The van der Waals surface area contributed by atoms with Crippen LogP contribution < -0.4 is 4.90 Å².